The van der Waals surface area contributed by atoms with Crippen LogP contribution in [0.5, 0.6) is 0 Å². The van der Waals surface area contributed by atoms with E-state index in [0.29, 0.717) is 0 Å². The maximum absolute atomic E-state index is 4.76. The van der Waals surface area contributed by atoms with Crippen molar-refractivity contribution in [2.75, 3.05) is 18.6 Å². The minimum absolute atomic E-state index is 0.0828. The van der Waals surface area contributed by atoms with Crippen molar-refractivity contribution in [3.63, 3.8) is 0 Å². The predicted octanol–water partition coefficient (Wildman–Crippen LogP) is 5.80. The van der Waals surface area contributed by atoms with Crippen LogP contribution in [0.15, 0.2) is 116 Å². The van der Waals surface area contributed by atoms with E-state index in [2.05, 4.69) is 146 Å². The lowest BCUT2D eigenvalue weighted by atomic mass is 9.35. The molecule has 6 aromatic rings. The van der Waals surface area contributed by atoms with Gasteiger partial charge in [-0.1, -0.05) is 93.7 Å². The molecule has 5 heteroatoms. The Labute approximate surface area is 242 Å². The van der Waals surface area contributed by atoms with E-state index in [0.717, 1.165) is 12.5 Å². The Bertz CT molecular complexity index is 1920. The molecule has 0 unspecified atom stereocenters. The zero-order chi connectivity index (χ0) is 28.1. The standard InChI is InChI=1S/C36H33BN4/c1-25-20-26(2)36(27(3)21-25)37(28-10-9-11-30(22-28)40-19-18-39(4)24-40)29-15-16-32-31-12-5-6-13-33(31)41(34(32)23-29)35-14-7-8-17-38-35/h5-23H,24H2,1-4H3. The van der Waals surface area contributed by atoms with Crippen molar-refractivity contribution in [3.05, 3.63) is 132 Å². The minimum atomic E-state index is 0.0828. The second-order valence-electron chi connectivity index (χ2n) is 11.3. The van der Waals surface area contributed by atoms with Crippen LogP contribution >= 0.6 is 0 Å². The van der Waals surface area contributed by atoms with Gasteiger partial charge in [0.25, 0.3) is 0 Å². The van der Waals surface area contributed by atoms with Gasteiger partial charge in [-0.2, -0.15) is 0 Å². The van der Waals surface area contributed by atoms with Crippen molar-refractivity contribution < 1.29 is 0 Å². The Morgan fingerprint density at radius 1 is 0.683 bits per heavy atom. The molecule has 1 aliphatic rings. The number of hydrogen-bond acceptors (Lipinski definition) is 3. The van der Waals surface area contributed by atoms with Crippen molar-refractivity contribution in [3.8, 4) is 5.82 Å². The van der Waals surface area contributed by atoms with Gasteiger partial charge >= 0.3 is 0 Å². The molecule has 0 fully saturated rings. The van der Waals surface area contributed by atoms with Gasteiger partial charge in [0.2, 0.25) is 6.71 Å². The molecule has 0 N–H and O–H groups in total. The highest BCUT2D eigenvalue weighted by molar-refractivity contribution is 6.96. The topological polar surface area (TPSA) is 24.3 Å². The first kappa shape index (κ1) is 25.2. The van der Waals surface area contributed by atoms with E-state index in [1.807, 2.05) is 12.3 Å². The summed E-state index contributed by atoms with van der Waals surface area (Å²) < 4.78 is 2.31. The number of rotatable bonds is 5. The van der Waals surface area contributed by atoms with E-state index >= 15 is 0 Å². The predicted molar refractivity (Wildman–Crippen MR) is 175 cm³/mol. The van der Waals surface area contributed by atoms with Crippen LogP contribution in [0, 0.1) is 20.8 Å². The number of aromatic nitrogens is 2. The smallest absolute Gasteiger partial charge is 0.242 e. The first-order chi connectivity index (χ1) is 20.0. The Balaban J connectivity index is 1.48. The fourth-order valence-electron chi connectivity index (χ4n) is 6.65. The highest BCUT2D eigenvalue weighted by atomic mass is 15.3. The molecule has 0 aliphatic carbocycles. The lowest BCUT2D eigenvalue weighted by Gasteiger charge is -2.24. The zero-order valence-corrected chi connectivity index (χ0v) is 24.0. The van der Waals surface area contributed by atoms with Crippen LogP contribution in [0.25, 0.3) is 27.6 Å². The van der Waals surface area contributed by atoms with Crippen LogP contribution in [-0.4, -0.2) is 34.9 Å². The Morgan fingerprint density at radius 3 is 2.20 bits per heavy atom. The second kappa shape index (κ2) is 10.0. The molecule has 0 spiro atoms. The second-order valence-corrected chi connectivity index (χ2v) is 11.3. The molecule has 7 rings (SSSR count). The van der Waals surface area contributed by atoms with Crippen molar-refractivity contribution >= 4 is 50.6 Å². The average molecular weight is 533 g/mol. The highest BCUT2D eigenvalue weighted by Crippen LogP contribution is 2.31. The molecule has 0 saturated carbocycles. The van der Waals surface area contributed by atoms with Crippen molar-refractivity contribution in [1.82, 2.24) is 14.5 Å². The normalized spacial score (nSPS) is 13.1. The van der Waals surface area contributed by atoms with Crippen LogP contribution in [0.1, 0.15) is 16.7 Å². The summed E-state index contributed by atoms with van der Waals surface area (Å²) in [5.41, 5.74) is 11.4. The molecule has 0 saturated heterocycles. The number of fused-ring (bicyclic) bond motifs is 3. The molecular formula is C36H33BN4. The quantitative estimate of drug-likeness (QED) is 0.263. The SMILES string of the molecule is Cc1cc(C)c(B(c2cccc(N3C=CN(C)C3)c2)c2ccc3c4ccccc4n(-c4ccccn4)c3c2)c(C)c1. The minimum Gasteiger partial charge on any atom is -0.361 e. The lowest BCUT2D eigenvalue weighted by Crippen LogP contribution is -2.54. The molecule has 2 aromatic heterocycles. The third-order valence-corrected chi connectivity index (χ3v) is 8.35. The number of hydrogen-bond donors (Lipinski definition) is 0. The van der Waals surface area contributed by atoms with Gasteiger partial charge in [-0.15, -0.1) is 0 Å². The highest BCUT2D eigenvalue weighted by Gasteiger charge is 2.27. The summed E-state index contributed by atoms with van der Waals surface area (Å²) in [7, 11) is 2.11. The first-order valence-corrected chi connectivity index (χ1v) is 14.3. The van der Waals surface area contributed by atoms with Gasteiger partial charge in [-0.3, -0.25) is 4.57 Å². The maximum Gasteiger partial charge on any atom is 0.242 e. The van der Waals surface area contributed by atoms with Crippen molar-refractivity contribution in [2.45, 2.75) is 20.8 Å². The van der Waals surface area contributed by atoms with Gasteiger partial charge < -0.3 is 9.80 Å². The lowest BCUT2D eigenvalue weighted by molar-refractivity contribution is 0.496. The molecule has 0 amide bonds. The molecule has 0 bridgehead atoms. The van der Waals surface area contributed by atoms with Gasteiger partial charge in [0, 0.05) is 42.1 Å². The summed E-state index contributed by atoms with van der Waals surface area (Å²) in [5, 5.41) is 2.48. The van der Waals surface area contributed by atoms with Crippen molar-refractivity contribution in [1.29, 1.82) is 0 Å². The Morgan fingerprint density at radius 2 is 1.44 bits per heavy atom. The first-order valence-electron chi connectivity index (χ1n) is 14.3. The summed E-state index contributed by atoms with van der Waals surface area (Å²) in [6.45, 7) is 7.64. The van der Waals surface area contributed by atoms with E-state index in [4.69, 9.17) is 4.98 Å². The van der Waals surface area contributed by atoms with Crippen LogP contribution in [0.3, 0.4) is 0 Å². The van der Waals surface area contributed by atoms with Crippen LogP contribution in [-0.2, 0) is 0 Å². The largest absolute Gasteiger partial charge is 0.361 e. The summed E-state index contributed by atoms with van der Waals surface area (Å²) in [4.78, 5) is 9.26. The molecular weight excluding hydrogens is 499 g/mol. The summed E-state index contributed by atoms with van der Waals surface area (Å²) in [5.74, 6) is 0.932. The summed E-state index contributed by atoms with van der Waals surface area (Å²) in [6.07, 6.45) is 6.16. The van der Waals surface area contributed by atoms with Gasteiger partial charge in [0.05, 0.1) is 17.7 Å². The Hall–Kier alpha value is -4.77. The summed E-state index contributed by atoms with van der Waals surface area (Å²) in [6, 6.07) is 35.5. The Kier molecular flexibility index (Phi) is 6.16. The van der Waals surface area contributed by atoms with E-state index in [1.165, 1.54) is 60.6 Å². The number of nitrogens with zero attached hydrogens (tertiary/aromatic N) is 4. The maximum atomic E-state index is 4.76. The monoisotopic (exact) mass is 532 g/mol. The van der Waals surface area contributed by atoms with Gasteiger partial charge in [0.15, 0.2) is 0 Å². The molecule has 4 aromatic carbocycles. The molecule has 200 valence electrons. The number of anilines is 1. The third-order valence-electron chi connectivity index (χ3n) is 8.35. The van der Waals surface area contributed by atoms with E-state index < -0.39 is 0 Å². The number of para-hydroxylation sites is 1. The van der Waals surface area contributed by atoms with Crippen LogP contribution in [0.4, 0.5) is 5.69 Å². The average Bonchev–Trinajstić information content (AvgIpc) is 3.56. The van der Waals surface area contributed by atoms with Crippen LogP contribution in [0.2, 0.25) is 0 Å². The third kappa shape index (κ3) is 4.38. The number of pyridine rings is 1. The van der Waals surface area contributed by atoms with E-state index in [9.17, 15) is 0 Å². The molecule has 1 aliphatic heterocycles. The fourth-order valence-corrected chi connectivity index (χ4v) is 6.65. The fraction of sp³-hybridized carbons (Fsp3) is 0.139. The molecule has 4 nitrogen and oxygen atoms in total. The number of aryl methyl sites for hydroxylation is 3. The van der Waals surface area contributed by atoms with Crippen LogP contribution < -0.4 is 21.3 Å². The molecule has 0 radical (unpaired) electrons. The zero-order valence-electron chi connectivity index (χ0n) is 24.0. The van der Waals surface area contributed by atoms with Gasteiger partial charge in [-0.25, -0.2) is 4.98 Å². The number of benzene rings is 4. The van der Waals surface area contributed by atoms with Crippen molar-refractivity contribution in [2.24, 2.45) is 0 Å². The molecule has 41 heavy (non-hydrogen) atoms. The molecule has 3 heterocycles. The van der Waals surface area contributed by atoms with E-state index in [1.54, 1.807) is 0 Å². The van der Waals surface area contributed by atoms with E-state index in [-0.39, 0.29) is 6.71 Å². The summed E-state index contributed by atoms with van der Waals surface area (Å²) >= 11 is 0. The molecule has 0 atom stereocenters. The van der Waals surface area contributed by atoms with Gasteiger partial charge in [0.1, 0.15) is 5.82 Å². The van der Waals surface area contributed by atoms with Gasteiger partial charge in [-0.05, 0) is 57.2 Å².